The fourth-order valence-corrected chi connectivity index (χ4v) is 4.48. The molecule has 0 aromatic heterocycles. The molecule has 0 aliphatic heterocycles. The number of rotatable bonds is 14. The molecule has 0 heterocycles. The minimum absolute atomic E-state index is 0.502. The van der Waals surface area contributed by atoms with Gasteiger partial charge >= 0.3 is 0 Å². The van der Waals surface area contributed by atoms with Crippen molar-refractivity contribution in [1.29, 1.82) is 0 Å². The van der Waals surface area contributed by atoms with Gasteiger partial charge in [-0.2, -0.15) is 0 Å². The average molecular weight is 432 g/mol. The molecule has 1 aliphatic carbocycles. The molecule has 1 unspecified atom stereocenters. The zero-order chi connectivity index (χ0) is 22.4. The Morgan fingerprint density at radius 2 is 1.53 bits per heavy atom. The molecule has 32 heavy (non-hydrogen) atoms. The first-order chi connectivity index (χ1) is 15.8. The van der Waals surface area contributed by atoms with Gasteiger partial charge in [0.15, 0.2) is 0 Å². The zero-order valence-corrected chi connectivity index (χ0v) is 20.1. The molecule has 172 valence electrons. The predicted octanol–water partition coefficient (Wildman–Crippen LogP) is 8.31. The standard InChI is InChI=1S/C30H41NO/c1-3-4-5-6-7-8-9-13-24-31(29-20-22-30(32-2)23-21-29)25-26-16-18-28(19-17-26)27-14-11-10-12-15-27/h10-12,14-18,20-23,28H,3-9,13,19,24-25H2,1-2H3. The molecule has 2 aromatic rings. The van der Waals surface area contributed by atoms with Gasteiger partial charge in [-0.3, -0.25) is 0 Å². The molecule has 2 nitrogen and oxygen atoms in total. The molecule has 0 spiro atoms. The number of allylic oxidation sites excluding steroid dienone is 2. The van der Waals surface area contributed by atoms with E-state index in [2.05, 4.69) is 84.6 Å². The third-order valence-corrected chi connectivity index (χ3v) is 6.50. The van der Waals surface area contributed by atoms with Gasteiger partial charge in [0, 0.05) is 24.7 Å². The third-order valence-electron chi connectivity index (χ3n) is 6.50. The lowest BCUT2D eigenvalue weighted by atomic mass is 9.90. The maximum absolute atomic E-state index is 5.36. The maximum atomic E-state index is 5.36. The van der Waals surface area contributed by atoms with Gasteiger partial charge in [0.25, 0.3) is 0 Å². The third kappa shape index (κ3) is 7.89. The molecule has 0 radical (unpaired) electrons. The minimum atomic E-state index is 0.502. The number of methoxy groups -OCH3 is 1. The number of unbranched alkanes of at least 4 members (excludes halogenated alkanes) is 7. The van der Waals surface area contributed by atoms with Crippen molar-refractivity contribution in [2.75, 3.05) is 25.1 Å². The summed E-state index contributed by atoms with van der Waals surface area (Å²) < 4.78 is 5.36. The molecule has 2 heteroatoms. The molecule has 2 aromatic carbocycles. The van der Waals surface area contributed by atoms with E-state index in [0.717, 1.165) is 25.3 Å². The van der Waals surface area contributed by atoms with Crippen LogP contribution in [0.15, 0.2) is 78.4 Å². The van der Waals surface area contributed by atoms with Gasteiger partial charge in [0.2, 0.25) is 0 Å². The van der Waals surface area contributed by atoms with E-state index in [1.807, 2.05) is 0 Å². The van der Waals surface area contributed by atoms with Crippen LogP contribution in [-0.4, -0.2) is 20.2 Å². The monoisotopic (exact) mass is 431 g/mol. The van der Waals surface area contributed by atoms with Crippen LogP contribution in [0.5, 0.6) is 5.75 Å². The molecular formula is C30H41NO. The first-order valence-corrected chi connectivity index (χ1v) is 12.6. The fraction of sp³-hybridized carbons (Fsp3) is 0.467. The van der Waals surface area contributed by atoms with Gasteiger partial charge in [0.1, 0.15) is 5.75 Å². The molecular weight excluding hydrogens is 390 g/mol. The van der Waals surface area contributed by atoms with Gasteiger partial charge in [-0.1, -0.05) is 100 Å². The quantitative estimate of drug-likeness (QED) is 0.279. The van der Waals surface area contributed by atoms with Crippen molar-refractivity contribution >= 4 is 5.69 Å². The Morgan fingerprint density at radius 1 is 0.844 bits per heavy atom. The van der Waals surface area contributed by atoms with Crippen LogP contribution < -0.4 is 9.64 Å². The summed E-state index contributed by atoms with van der Waals surface area (Å²) in [5, 5.41) is 0. The van der Waals surface area contributed by atoms with Crippen LogP contribution in [0.2, 0.25) is 0 Å². The minimum Gasteiger partial charge on any atom is -0.497 e. The van der Waals surface area contributed by atoms with E-state index >= 15 is 0 Å². The van der Waals surface area contributed by atoms with Crippen LogP contribution >= 0.6 is 0 Å². The van der Waals surface area contributed by atoms with Crippen molar-refractivity contribution in [3.63, 3.8) is 0 Å². The van der Waals surface area contributed by atoms with Gasteiger partial charge in [-0.25, -0.2) is 0 Å². The smallest absolute Gasteiger partial charge is 0.119 e. The number of anilines is 1. The summed E-state index contributed by atoms with van der Waals surface area (Å²) in [6.45, 7) is 4.36. The summed E-state index contributed by atoms with van der Waals surface area (Å²) in [5.41, 5.74) is 4.12. The van der Waals surface area contributed by atoms with E-state index in [-0.39, 0.29) is 0 Å². The van der Waals surface area contributed by atoms with Gasteiger partial charge in [-0.05, 0) is 48.2 Å². The Kier molecular flexibility index (Phi) is 10.4. The largest absolute Gasteiger partial charge is 0.497 e. The first kappa shape index (κ1) is 24.2. The van der Waals surface area contributed by atoms with E-state index < -0.39 is 0 Å². The van der Waals surface area contributed by atoms with Crippen molar-refractivity contribution in [2.24, 2.45) is 0 Å². The summed E-state index contributed by atoms with van der Waals surface area (Å²) in [6, 6.07) is 19.4. The van der Waals surface area contributed by atoms with Crippen molar-refractivity contribution in [3.8, 4) is 5.75 Å². The highest BCUT2D eigenvalue weighted by Crippen LogP contribution is 2.28. The van der Waals surface area contributed by atoms with Gasteiger partial charge < -0.3 is 9.64 Å². The number of benzene rings is 2. The molecule has 0 saturated heterocycles. The van der Waals surface area contributed by atoms with Crippen molar-refractivity contribution in [3.05, 3.63) is 84.0 Å². The molecule has 1 atom stereocenters. The number of hydrogen-bond donors (Lipinski definition) is 0. The molecule has 0 fully saturated rings. The summed E-state index contributed by atoms with van der Waals surface area (Å²) in [6.07, 6.45) is 19.1. The zero-order valence-electron chi connectivity index (χ0n) is 20.1. The maximum Gasteiger partial charge on any atom is 0.119 e. The van der Waals surface area contributed by atoms with E-state index in [0.29, 0.717) is 5.92 Å². The van der Waals surface area contributed by atoms with Gasteiger partial charge in [-0.15, -0.1) is 0 Å². The summed E-state index contributed by atoms with van der Waals surface area (Å²) in [4.78, 5) is 2.54. The lowest BCUT2D eigenvalue weighted by Gasteiger charge is -2.27. The summed E-state index contributed by atoms with van der Waals surface area (Å²) in [5.74, 6) is 1.42. The van der Waals surface area contributed by atoms with Crippen LogP contribution in [-0.2, 0) is 0 Å². The second-order valence-corrected chi connectivity index (χ2v) is 8.99. The number of ether oxygens (including phenoxy) is 1. The fourth-order valence-electron chi connectivity index (χ4n) is 4.48. The summed E-state index contributed by atoms with van der Waals surface area (Å²) >= 11 is 0. The average Bonchev–Trinajstić information content (AvgIpc) is 2.86. The molecule has 0 N–H and O–H groups in total. The topological polar surface area (TPSA) is 12.5 Å². The molecule has 1 aliphatic rings. The van der Waals surface area contributed by atoms with E-state index in [1.165, 1.54) is 68.2 Å². The van der Waals surface area contributed by atoms with Gasteiger partial charge in [0.05, 0.1) is 7.11 Å². The van der Waals surface area contributed by atoms with E-state index in [9.17, 15) is 0 Å². The highest BCUT2D eigenvalue weighted by atomic mass is 16.5. The molecule has 3 rings (SSSR count). The molecule has 0 bridgehead atoms. The molecule has 0 amide bonds. The highest BCUT2D eigenvalue weighted by Gasteiger charge is 2.14. The van der Waals surface area contributed by atoms with Crippen molar-refractivity contribution in [2.45, 2.75) is 70.6 Å². The SMILES string of the molecule is CCCCCCCCCCN(CC1=CCC(c2ccccc2)C=C1)c1ccc(OC)cc1. The second-order valence-electron chi connectivity index (χ2n) is 8.99. The van der Waals surface area contributed by atoms with Crippen LogP contribution in [0.3, 0.4) is 0 Å². The summed E-state index contributed by atoms with van der Waals surface area (Å²) in [7, 11) is 1.73. The van der Waals surface area contributed by atoms with Crippen LogP contribution in [0.1, 0.15) is 76.2 Å². The Hall–Kier alpha value is -2.48. The van der Waals surface area contributed by atoms with Crippen LogP contribution in [0, 0.1) is 0 Å². The number of nitrogens with zero attached hydrogens (tertiary/aromatic N) is 1. The van der Waals surface area contributed by atoms with E-state index in [4.69, 9.17) is 4.74 Å². The second kappa shape index (κ2) is 13.8. The first-order valence-electron chi connectivity index (χ1n) is 12.6. The lowest BCUT2D eigenvalue weighted by Crippen LogP contribution is -2.27. The van der Waals surface area contributed by atoms with Crippen molar-refractivity contribution in [1.82, 2.24) is 0 Å². The molecule has 0 saturated carbocycles. The van der Waals surface area contributed by atoms with Crippen molar-refractivity contribution < 1.29 is 4.74 Å². The number of hydrogen-bond acceptors (Lipinski definition) is 2. The predicted molar refractivity (Wildman–Crippen MR) is 139 cm³/mol. The Morgan fingerprint density at radius 3 is 2.16 bits per heavy atom. The Bertz CT molecular complexity index is 822. The van der Waals surface area contributed by atoms with E-state index in [1.54, 1.807) is 7.11 Å². The van der Waals surface area contributed by atoms with Crippen LogP contribution in [0.4, 0.5) is 5.69 Å². The Labute approximate surface area is 196 Å². The lowest BCUT2D eigenvalue weighted by molar-refractivity contribution is 0.415. The highest BCUT2D eigenvalue weighted by molar-refractivity contribution is 5.51. The Balaban J connectivity index is 1.54. The normalized spacial score (nSPS) is 15.4. The van der Waals surface area contributed by atoms with Crippen LogP contribution in [0.25, 0.3) is 0 Å².